The zero-order chi connectivity index (χ0) is 18.9. The Labute approximate surface area is 155 Å². The van der Waals surface area contributed by atoms with Crippen LogP contribution in [0.4, 0.5) is 0 Å². The lowest BCUT2D eigenvalue weighted by atomic mass is 10.2. The standard InChI is InChI=1S/C17H20N4O4S/c1-4-11-21-14(12-7-9-18-10-8-12)19-20-17(21)26-13(15(22)24-5-2)16(23)25-6-3/h4,7-10,13H,1,5-6,11H2,2-3H3. The van der Waals surface area contributed by atoms with Crippen LogP contribution in [0.2, 0.25) is 0 Å². The van der Waals surface area contributed by atoms with Gasteiger partial charge in [0.2, 0.25) is 5.25 Å². The number of ether oxygens (including phenoxy) is 2. The van der Waals surface area contributed by atoms with E-state index >= 15 is 0 Å². The molecule has 2 heterocycles. The SMILES string of the molecule is C=CCn1c(SC(C(=O)OCC)C(=O)OCC)nnc1-c1ccncc1. The van der Waals surface area contributed by atoms with Gasteiger partial charge in [-0.05, 0) is 26.0 Å². The topological polar surface area (TPSA) is 96.2 Å². The molecule has 0 saturated carbocycles. The second kappa shape index (κ2) is 9.71. The average molecular weight is 376 g/mol. The number of rotatable bonds is 9. The fourth-order valence-electron chi connectivity index (χ4n) is 2.12. The summed E-state index contributed by atoms with van der Waals surface area (Å²) in [6, 6.07) is 3.60. The quantitative estimate of drug-likeness (QED) is 0.284. The summed E-state index contributed by atoms with van der Waals surface area (Å²) in [5, 5.41) is 7.53. The number of carbonyl (C=O) groups is 2. The van der Waals surface area contributed by atoms with Crippen molar-refractivity contribution in [2.75, 3.05) is 13.2 Å². The molecule has 0 saturated heterocycles. The van der Waals surface area contributed by atoms with E-state index in [4.69, 9.17) is 9.47 Å². The lowest BCUT2D eigenvalue weighted by molar-refractivity contribution is -0.152. The van der Waals surface area contributed by atoms with Gasteiger partial charge in [0.05, 0.1) is 13.2 Å². The summed E-state index contributed by atoms with van der Waals surface area (Å²) in [5.41, 5.74) is 0.810. The van der Waals surface area contributed by atoms with E-state index in [0.29, 0.717) is 17.5 Å². The van der Waals surface area contributed by atoms with Crippen LogP contribution in [0, 0.1) is 0 Å². The van der Waals surface area contributed by atoms with Crippen molar-refractivity contribution >= 4 is 23.7 Å². The Bertz CT molecular complexity index is 745. The minimum atomic E-state index is -1.17. The van der Waals surface area contributed by atoms with Crippen LogP contribution in [0.1, 0.15) is 13.8 Å². The Morgan fingerprint density at radius 3 is 2.35 bits per heavy atom. The van der Waals surface area contributed by atoms with Gasteiger partial charge in [0.25, 0.3) is 0 Å². The highest BCUT2D eigenvalue weighted by Gasteiger charge is 2.33. The van der Waals surface area contributed by atoms with Crippen molar-refractivity contribution in [3.8, 4) is 11.4 Å². The highest BCUT2D eigenvalue weighted by molar-refractivity contribution is 8.01. The molecule has 9 heteroatoms. The first-order valence-electron chi connectivity index (χ1n) is 8.06. The van der Waals surface area contributed by atoms with Crippen LogP contribution in [0.3, 0.4) is 0 Å². The fourth-order valence-corrected chi connectivity index (χ4v) is 3.03. The Hall–Kier alpha value is -2.68. The van der Waals surface area contributed by atoms with E-state index in [1.807, 2.05) is 0 Å². The molecule has 138 valence electrons. The summed E-state index contributed by atoms with van der Waals surface area (Å²) < 4.78 is 11.7. The molecule has 2 rings (SSSR count). The molecule has 0 radical (unpaired) electrons. The number of allylic oxidation sites excluding steroid dienone is 1. The van der Waals surface area contributed by atoms with Crippen molar-refractivity contribution in [2.24, 2.45) is 0 Å². The summed E-state index contributed by atoms with van der Waals surface area (Å²) in [7, 11) is 0. The molecular formula is C17H20N4O4S. The molecule has 0 aliphatic carbocycles. The van der Waals surface area contributed by atoms with Gasteiger partial charge >= 0.3 is 11.9 Å². The molecule has 8 nitrogen and oxygen atoms in total. The maximum absolute atomic E-state index is 12.2. The lowest BCUT2D eigenvalue weighted by Gasteiger charge is -2.14. The summed E-state index contributed by atoms with van der Waals surface area (Å²) in [4.78, 5) is 28.3. The number of thioether (sulfide) groups is 1. The van der Waals surface area contributed by atoms with Gasteiger partial charge in [-0.2, -0.15) is 0 Å². The highest BCUT2D eigenvalue weighted by Crippen LogP contribution is 2.28. The van der Waals surface area contributed by atoms with Crippen LogP contribution >= 0.6 is 11.8 Å². The molecule has 0 aliphatic rings. The van der Waals surface area contributed by atoms with E-state index in [9.17, 15) is 9.59 Å². The summed E-state index contributed by atoms with van der Waals surface area (Å²) in [5.74, 6) is -0.759. The zero-order valence-corrected chi connectivity index (χ0v) is 15.4. The van der Waals surface area contributed by atoms with Gasteiger partial charge in [-0.25, -0.2) is 0 Å². The van der Waals surface area contributed by atoms with Crippen molar-refractivity contribution in [2.45, 2.75) is 30.8 Å². The lowest BCUT2D eigenvalue weighted by Crippen LogP contribution is -2.31. The van der Waals surface area contributed by atoms with Gasteiger partial charge in [-0.15, -0.1) is 16.8 Å². The van der Waals surface area contributed by atoms with Crippen LogP contribution in [0.5, 0.6) is 0 Å². The smallest absolute Gasteiger partial charge is 0.331 e. The monoisotopic (exact) mass is 376 g/mol. The number of hydrogen-bond acceptors (Lipinski definition) is 8. The number of aromatic nitrogens is 4. The van der Waals surface area contributed by atoms with Crippen molar-refractivity contribution in [1.29, 1.82) is 0 Å². The first kappa shape index (κ1) is 19.6. The molecule has 0 bridgehead atoms. The molecule has 0 aromatic carbocycles. The van der Waals surface area contributed by atoms with E-state index in [2.05, 4.69) is 21.8 Å². The number of pyridine rings is 1. The van der Waals surface area contributed by atoms with Crippen LogP contribution in [-0.2, 0) is 25.6 Å². The van der Waals surface area contributed by atoms with Gasteiger partial charge in [0.15, 0.2) is 11.0 Å². The van der Waals surface area contributed by atoms with Gasteiger partial charge in [-0.1, -0.05) is 17.8 Å². The first-order valence-corrected chi connectivity index (χ1v) is 8.94. The average Bonchev–Trinajstić information content (AvgIpc) is 3.03. The molecular weight excluding hydrogens is 356 g/mol. The Balaban J connectivity index is 2.36. The van der Waals surface area contributed by atoms with Crippen molar-refractivity contribution in [1.82, 2.24) is 19.7 Å². The Morgan fingerprint density at radius 1 is 1.19 bits per heavy atom. The van der Waals surface area contributed by atoms with E-state index in [-0.39, 0.29) is 13.2 Å². The number of esters is 2. The third-order valence-electron chi connectivity index (χ3n) is 3.19. The minimum Gasteiger partial charge on any atom is -0.465 e. The van der Waals surface area contributed by atoms with Gasteiger partial charge < -0.3 is 9.47 Å². The maximum Gasteiger partial charge on any atom is 0.331 e. The van der Waals surface area contributed by atoms with Crippen molar-refractivity contribution in [3.63, 3.8) is 0 Å². The summed E-state index contributed by atoms with van der Waals surface area (Å²) in [6.45, 7) is 7.82. The van der Waals surface area contributed by atoms with Crippen LogP contribution < -0.4 is 0 Å². The normalized spacial score (nSPS) is 10.6. The second-order valence-corrected chi connectivity index (χ2v) is 6.02. The van der Waals surface area contributed by atoms with Gasteiger partial charge in [0.1, 0.15) is 0 Å². The highest BCUT2D eigenvalue weighted by atomic mass is 32.2. The molecule has 26 heavy (non-hydrogen) atoms. The molecule has 0 fully saturated rings. The molecule has 2 aromatic heterocycles. The Morgan fingerprint density at radius 2 is 1.81 bits per heavy atom. The third kappa shape index (κ3) is 4.69. The second-order valence-electron chi connectivity index (χ2n) is 4.94. The molecule has 0 unspecified atom stereocenters. The van der Waals surface area contributed by atoms with E-state index in [1.54, 1.807) is 49.0 Å². The molecule has 0 N–H and O–H groups in total. The zero-order valence-electron chi connectivity index (χ0n) is 14.6. The predicted octanol–water partition coefficient (Wildman–Crippen LogP) is 2.11. The predicted molar refractivity (Wildman–Crippen MR) is 96.4 cm³/mol. The largest absolute Gasteiger partial charge is 0.465 e. The Kier molecular flexibility index (Phi) is 7.34. The first-order chi connectivity index (χ1) is 12.6. The van der Waals surface area contributed by atoms with Gasteiger partial charge in [-0.3, -0.25) is 19.1 Å². The minimum absolute atomic E-state index is 0.164. The number of nitrogens with zero attached hydrogens (tertiary/aromatic N) is 4. The summed E-state index contributed by atoms with van der Waals surface area (Å²) >= 11 is 0.944. The van der Waals surface area contributed by atoms with Crippen molar-refractivity contribution in [3.05, 3.63) is 37.2 Å². The number of hydrogen-bond donors (Lipinski definition) is 0. The van der Waals surface area contributed by atoms with Crippen LogP contribution in [0.25, 0.3) is 11.4 Å². The summed E-state index contributed by atoms with van der Waals surface area (Å²) in [6.07, 6.45) is 4.98. The van der Waals surface area contributed by atoms with E-state index in [1.165, 1.54) is 0 Å². The fraction of sp³-hybridized carbons (Fsp3) is 0.353. The van der Waals surface area contributed by atoms with Crippen LogP contribution in [0.15, 0.2) is 42.3 Å². The van der Waals surface area contributed by atoms with E-state index < -0.39 is 17.2 Å². The number of carbonyl (C=O) groups excluding carboxylic acids is 2. The maximum atomic E-state index is 12.2. The van der Waals surface area contributed by atoms with Gasteiger partial charge in [0, 0.05) is 24.5 Å². The molecule has 0 aliphatic heterocycles. The van der Waals surface area contributed by atoms with E-state index in [0.717, 1.165) is 17.3 Å². The molecule has 2 aromatic rings. The molecule has 0 spiro atoms. The third-order valence-corrected chi connectivity index (χ3v) is 4.33. The molecule has 0 amide bonds. The molecule has 0 atom stereocenters. The van der Waals surface area contributed by atoms with Crippen LogP contribution in [-0.4, -0.2) is 50.2 Å². The van der Waals surface area contributed by atoms with Crippen molar-refractivity contribution < 1.29 is 19.1 Å².